The summed E-state index contributed by atoms with van der Waals surface area (Å²) in [5.74, 6) is -0.244. The molecule has 2 aromatic heterocycles. The van der Waals surface area contributed by atoms with Crippen molar-refractivity contribution in [2.24, 2.45) is 5.10 Å². The molecule has 0 spiro atoms. The molecular weight excluding hydrogens is 390 g/mol. The highest BCUT2D eigenvalue weighted by atomic mass is 32.1. The van der Waals surface area contributed by atoms with Crippen molar-refractivity contribution in [1.82, 2.24) is 10.4 Å². The smallest absolute Gasteiger partial charge is 0.267 e. The molecule has 2 aromatic carbocycles. The van der Waals surface area contributed by atoms with Crippen molar-refractivity contribution in [1.29, 1.82) is 0 Å². The molecule has 0 aliphatic rings. The first kappa shape index (κ1) is 20.0. The summed E-state index contributed by atoms with van der Waals surface area (Å²) in [7, 11) is 0. The van der Waals surface area contributed by atoms with Crippen LogP contribution in [0.15, 0.2) is 65.8 Å². The molecule has 4 nitrogen and oxygen atoms in total. The lowest BCUT2D eigenvalue weighted by Crippen LogP contribution is -2.19. The quantitative estimate of drug-likeness (QED) is 0.327. The molecule has 150 valence electrons. The molecule has 0 radical (unpaired) electrons. The van der Waals surface area contributed by atoms with E-state index in [4.69, 9.17) is 4.98 Å². The van der Waals surface area contributed by atoms with Crippen molar-refractivity contribution in [2.75, 3.05) is 0 Å². The van der Waals surface area contributed by atoms with Crippen LogP contribution >= 0.6 is 11.3 Å². The van der Waals surface area contributed by atoms with Gasteiger partial charge in [0.25, 0.3) is 5.91 Å². The number of benzene rings is 2. The average molecular weight is 414 g/mol. The van der Waals surface area contributed by atoms with Gasteiger partial charge in [-0.15, -0.1) is 11.3 Å². The van der Waals surface area contributed by atoms with Crippen molar-refractivity contribution < 1.29 is 4.79 Å². The van der Waals surface area contributed by atoms with Crippen LogP contribution in [0.5, 0.6) is 0 Å². The molecule has 4 rings (SSSR count). The van der Waals surface area contributed by atoms with E-state index in [0.29, 0.717) is 5.56 Å². The monoisotopic (exact) mass is 413 g/mol. The molecule has 0 unspecified atom stereocenters. The third-order valence-corrected chi connectivity index (χ3v) is 6.30. The first-order valence-electron chi connectivity index (χ1n) is 9.81. The van der Waals surface area contributed by atoms with Crippen LogP contribution in [0.2, 0.25) is 0 Å². The zero-order chi connectivity index (χ0) is 21.3. The fourth-order valence-corrected chi connectivity index (χ4v) is 4.10. The first-order valence-corrected chi connectivity index (χ1v) is 10.6. The number of fused-ring (bicyclic) bond motifs is 1. The number of amides is 1. The summed E-state index contributed by atoms with van der Waals surface area (Å²) < 4.78 is 0. The van der Waals surface area contributed by atoms with Gasteiger partial charge in [0, 0.05) is 15.8 Å². The van der Waals surface area contributed by atoms with Gasteiger partial charge in [-0.2, -0.15) is 5.10 Å². The minimum atomic E-state index is -0.244. The number of nitrogens with zero attached hydrogens (tertiary/aromatic N) is 2. The zero-order valence-corrected chi connectivity index (χ0v) is 18.3. The van der Waals surface area contributed by atoms with Gasteiger partial charge in [0.2, 0.25) is 0 Å². The summed E-state index contributed by atoms with van der Waals surface area (Å²) in [5.41, 5.74) is 9.05. The van der Waals surface area contributed by atoms with Gasteiger partial charge in [-0.1, -0.05) is 30.3 Å². The number of carbonyl (C=O) groups excluding carboxylic acids is 1. The van der Waals surface area contributed by atoms with Gasteiger partial charge in [0.05, 0.1) is 27.4 Å². The Morgan fingerprint density at radius 3 is 2.50 bits per heavy atom. The van der Waals surface area contributed by atoms with E-state index in [1.54, 1.807) is 11.3 Å². The molecule has 1 amide bonds. The van der Waals surface area contributed by atoms with Crippen LogP contribution in [-0.2, 0) is 0 Å². The minimum Gasteiger partial charge on any atom is -0.267 e. The van der Waals surface area contributed by atoms with Gasteiger partial charge in [0.1, 0.15) is 0 Å². The molecule has 4 aromatic rings. The maximum absolute atomic E-state index is 13.1. The summed E-state index contributed by atoms with van der Waals surface area (Å²) >= 11 is 1.66. The highest BCUT2D eigenvalue weighted by Crippen LogP contribution is 2.26. The number of pyridine rings is 1. The van der Waals surface area contributed by atoms with E-state index in [2.05, 4.69) is 43.4 Å². The van der Waals surface area contributed by atoms with E-state index >= 15 is 0 Å². The number of para-hydroxylation sites is 1. The highest BCUT2D eigenvalue weighted by molar-refractivity contribution is 7.14. The number of hydrogen-bond donors (Lipinski definition) is 1. The Morgan fingerprint density at radius 1 is 0.967 bits per heavy atom. The second-order valence-corrected chi connectivity index (χ2v) is 8.71. The summed E-state index contributed by atoms with van der Waals surface area (Å²) in [4.78, 5) is 20.1. The molecular formula is C25H23N3OS. The predicted molar refractivity (Wildman–Crippen MR) is 125 cm³/mol. The van der Waals surface area contributed by atoms with Crippen LogP contribution in [0.4, 0.5) is 0 Å². The lowest BCUT2D eigenvalue weighted by molar-refractivity contribution is 0.0956. The molecule has 0 atom stereocenters. The van der Waals surface area contributed by atoms with E-state index in [0.717, 1.165) is 32.7 Å². The lowest BCUT2D eigenvalue weighted by atomic mass is 10.0. The third-order valence-electron chi connectivity index (χ3n) is 5.19. The normalized spacial score (nSPS) is 11.7. The molecule has 0 aliphatic carbocycles. The average Bonchev–Trinajstić information content (AvgIpc) is 3.19. The largest absolute Gasteiger partial charge is 0.272 e. The molecule has 0 saturated heterocycles. The maximum Gasteiger partial charge on any atom is 0.272 e. The van der Waals surface area contributed by atoms with E-state index in [1.165, 1.54) is 16.0 Å². The van der Waals surface area contributed by atoms with Gasteiger partial charge < -0.3 is 0 Å². The summed E-state index contributed by atoms with van der Waals surface area (Å²) in [6, 6.07) is 19.8. The summed E-state index contributed by atoms with van der Waals surface area (Å²) in [5, 5.41) is 5.13. The van der Waals surface area contributed by atoms with Gasteiger partial charge >= 0.3 is 0 Å². The van der Waals surface area contributed by atoms with Crippen LogP contribution in [0.3, 0.4) is 0 Å². The molecule has 0 fully saturated rings. The SMILES string of the molecule is C/C(=N/NC(=O)c1cc(-c2ccc(C)c(C)c2)nc2ccccc12)c1ccc(C)s1. The van der Waals surface area contributed by atoms with E-state index in [9.17, 15) is 4.79 Å². The molecule has 0 saturated carbocycles. The van der Waals surface area contributed by atoms with Crippen molar-refractivity contribution in [3.63, 3.8) is 0 Å². The van der Waals surface area contributed by atoms with Crippen LogP contribution in [0, 0.1) is 20.8 Å². The number of carbonyl (C=O) groups is 1. The van der Waals surface area contributed by atoms with E-state index in [1.807, 2.05) is 55.5 Å². The second kappa shape index (κ2) is 8.20. The number of thiophene rings is 1. The van der Waals surface area contributed by atoms with Crippen LogP contribution in [0.1, 0.15) is 38.2 Å². The fourth-order valence-electron chi connectivity index (χ4n) is 3.29. The van der Waals surface area contributed by atoms with Crippen molar-refractivity contribution in [2.45, 2.75) is 27.7 Å². The lowest BCUT2D eigenvalue weighted by Gasteiger charge is -2.10. The molecule has 2 heterocycles. The predicted octanol–water partition coefficient (Wildman–Crippen LogP) is 6.04. The van der Waals surface area contributed by atoms with Crippen molar-refractivity contribution >= 4 is 33.9 Å². The molecule has 30 heavy (non-hydrogen) atoms. The third kappa shape index (κ3) is 4.02. The number of aryl methyl sites for hydroxylation is 3. The minimum absolute atomic E-state index is 0.244. The molecule has 0 bridgehead atoms. The first-order chi connectivity index (χ1) is 14.4. The Kier molecular flexibility index (Phi) is 5.46. The Morgan fingerprint density at radius 2 is 1.77 bits per heavy atom. The summed E-state index contributed by atoms with van der Waals surface area (Å²) in [6.07, 6.45) is 0. The topological polar surface area (TPSA) is 54.4 Å². The van der Waals surface area contributed by atoms with Crippen LogP contribution < -0.4 is 5.43 Å². The molecule has 0 aliphatic heterocycles. The number of hydrogen-bond acceptors (Lipinski definition) is 4. The molecule has 5 heteroatoms. The van der Waals surface area contributed by atoms with E-state index in [-0.39, 0.29) is 5.91 Å². The number of aromatic nitrogens is 1. The van der Waals surface area contributed by atoms with Crippen LogP contribution in [-0.4, -0.2) is 16.6 Å². The van der Waals surface area contributed by atoms with Gasteiger partial charge in [-0.25, -0.2) is 10.4 Å². The number of hydrazone groups is 1. The second-order valence-electron chi connectivity index (χ2n) is 7.42. The Bertz CT molecular complexity index is 1290. The Hall–Kier alpha value is -3.31. The molecule has 1 N–H and O–H groups in total. The number of nitrogens with one attached hydrogen (secondary N) is 1. The number of rotatable bonds is 4. The van der Waals surface area contributed by atoms with Gasteiger partial charge in [-0.05, 0) is 69.2 Å². The van der Waals surface area contributed by atoms with Crippen molar-refractivity contribution in [3.8, 4) is 11.3 Å². The fraction of sp³-hybridized carbons (Fsp3) is 0.160. The van der Waals surface area contributed by atoms with Gasteiger partial charge in [-0.3, -0.25) is 4.79 Å². The Balaban J connectivity index is 1.73. The summed E-state index contributed by atoms with van der Waals surface area (Å²) in [6.45, 7) is 8.12. The van der Waals surface area contributed by atoms with Crippen molar-refractivity contribution in [3.05, 3.63) is 87.1 Å². The highest BCUT2D eigenvalue weighted by Gasteiger charge is 2.14. The Labute approximate surface area is 180 Å². The van der Waals surface area contributed by atoms with E-state index < -0.39 is 0 Å². The van der Waals surface area contributed by atoms with Crippen LogP contribution in [0.25, 0.3) is 22.2 Å². The van der Waals surface area contributed by atoms with Gasteiger partial charge in [0.15, 0.2) is 0 Å². The standard InChI is InChI=1S/C25H23N3OS/c1-15-9-11-19(13-16(15)2)23-14-21(20-7-5-6-8-22(20)26-23)25(29)28-27-18(4)24-12-10-17(3)30-24/h5-14H,1-4H3,(H,28,29)/b27-18-. The maximum atomic E-state index is 13.1. The zero-order valence-electron chi connectivity index (χ0n) is 17.5.